The summed E-state index contributed by atoms with van der Waals surface area (Å²) in [5.74, 6) is 0. The largest absolute Gasteiger partial charge is 0.378 e. The maximum absolute atomic E-state index is 3.56. The Labute approximate surface area is 114 Å². The fourth-order valence-electron chi connectivity index (χ4n) is 2.64. The molecule has 0 aliphatic carbocycles. The van der Waals surface area contributed by atoms with Gasteiger partial charge in [-0.1, -0.05) is 18.2 Å². The van der Waals surface area contributed by atoms with Crippen molar-refractivity contribution in [2.45, 2.75) is 6.04 Å². The zero-order valence-electron chi connectivity index (χ0n) is 11.6. The van der Waals surface area contributed by atoms with Gasteiger partial charge in [0.2, 0.25) is 0 Å². The maximum Gasteiger partial charge on any atom is 0.0447 e. The number of nitrogens with one attached hydrogen (secondary N) is 2. The van der Waals surface area contributed by atoms with Gasteiger partial charge in [0.1, 0.15) is 0 Å². The van der Waals surface area contributed by atoms with Crippen molar-refractivity contribution in [2.75, 3.05) is 38.6 Å². The van der Waals surface area contributed by atoms with E-state index in [1.165, 1.54) is 22.0 Å². The standard InChI is InChI=1S/C16H21N3/c1-19(2)15-6-5-12-9-14(4-3-13(12)10-15)16-11-17-7-8-18-16/h3-6,9-10,16-18H,7-8,11H2,1-2H3. The Balaban J connectivity index is 1.94. The maximum atomic E-state index is 3.56. The molecule has 1 atom stereocenters. The third-order valence-corrected chi connectivity index (χ3v) is 3.81. The van der Waals surface area contributed by atoms with Crippen LogP contribution in [0.4, 0.5) is 5.69 Å². The van der Waals surface area contributed by atoms with E-state index in [2.05, 4.69) is 66.0 Å². The van der Waals surface area contributed by atoms with E-state index < -0.39 is 0 Å². The fourth-order valence-corrected chi connectivity index (χ4v) is 2.64. The monoisotopic (exact) mass is 255 g/mol. The van der Waals surface area contributed by atoms with Gasteiger partial charge in [-0.15, -0.1) is 0 Å². The Morgan fingerprint density at radius 1 is 1.00 bits per heavy atom. The van der Waals surface area contributed by atoms with Crippen molar-refractivity contribution in [3.63, 3.8) is 0 Å². The molecule has 19 heavy (non-hydrogen) atoms. The number of anilines is 1. The van der Waals surface area contributed by atoms with Crippen molar-refractivity contribution in [1.29, 1.82) is 0 Å². The fraction of sp³-hybridized carbons (Fsp3) is 0.375. The van der Waals surface area contributed by atoms with Gasteiger partial charge in [0.15, 0.2) is 0 Å². The molecule has 0 radical (unpaired) electrons. The molecule has 0 amide bonds. The van der Waals surface area contributed by atoms with Crippen LogP contribution in [0, 0.1) is 0 Å². The minimum Gasteiger partial charge on any atom is -0.378 e. The van der Waals surface area contributed by atoms with Gasteiger partial charge in [-0.05, 0) is 34.5 Å². The second-order valence-corrected chi connectivity index (χ2v) is 5.40. The van der Waals surface area contributed by atoms with Crippen LogP contribution in [-0.2, 0) is 0 Å². The highest BCUT2D eigenvalue weighted by Gasteiger charge is 2.14. The Morgan fingerprint density at radius 3 is 2.53 bits per heavy atom. The number of piperazine rings is 1. The molecule has 2 N–H and O–H groups in total. The number of hydrogen-bond acceptors (Lipinski definition) is 3. The zero-order valence-corrected chi connectivity index (χ0v) is 11.6. The summed E-state index contributed by atoms with van der Waals surface area (Å²) < 4.78 is 0. The van der Waals surface area contributed by atoms with E-state index in [0.29, 0.717) is 6.04 Å². The van der Waals surface area contributed by atoms with Gasteiger partial charge in [-0.2, -0.15) is 0 Å². The van der Waals surface area contributed by atoms with Crippen LogP contribution in [0.15, 0.2) is 36.4 Å². The number of rotatable bonds is 2. The summed E-state index contributed by atoms with van der Waals surface area (Å²) in [6.07, 6.45) is 0. The van der Waals surface area contributed by atoms with Crippen molar-refractivity contribution in [3.8, 4) is 0 Å². The molecule has 0 aromatic heterocycles. The average Bonchev–Trinajstić information content (AvgIpc) is 2.47. The molecular weight excluding hydrogens is 234 g/mol. The first-order valence-electron chi connectivity index (χ1n) is 6.89. The van der Waals surface area contributed by atoms with E-state index >= 15 is 0 Å². The summed E-state index contributed by atoms with van der Waals surface area (Å²) in [4.78, 5) is 2.14. The molecule has 100 valence electrons. The molecule has 1 aliphatic rings. The van der Waals surface area contributed by atoms with Crippen molar-refractivity contribution < 1.29 is 0 Å². The predicted molar refractivity (Wildman–Crippen MR) is 81.9 cm³/mol. The van der Waals surface area contributed by atoms with Gasteiger partial charge >= 0.3 is 0 Å². The molecule has 3 heteroatoms. The summed E-state index contributed by atoms with van der Waals surface area (Å²) in [7, 11) is 4.15. The minimum atomic E-state index is 0.437. The molecule has 1 aliphatic heterocycles. The molecule has 1 fully saturated rings. The van der Waals surface area contributed by atoms with Crippen LogP contribution in [0.3, 0.4) is 0 Å². The molecule has 1 saturated heterocycles. The van der Waals surface area contributed by atoms with Crippen molar-refractivity contribution in [1.82, 2.24) is 10.6 Å². The lowest BCUT2D eigenvalue weighted by Gasteiger charge is -2.25. The highest BCUT2D eigenvalue weighted by molar-refractivity contribution is 5.86. The smallest absolute Gasteiger partial charge is 0.0447 e. The molecule has 3 nitrogen and oxygen atoms in total. The average molecular weight is 255 g/mol. The molecule has 0 bridgehead atoms. The summed E-state index contributed by atoms with van der Waals surface area (Å²) in [6.45, 7) is 3.12. The van der Waals surface area contributed by atoms with Crippen molar-refractivity contribution in [2.24, 2.45) is 0 Å². The van der Waals surface area contributed by atoms with Gasteiger partial charge in [0.25, 0.3) is 0 Å². The Morgan fingerprint density at radius 2 is 1.79 bits per heavy atom. The first kappa shape index (κ1) is 12.5. The Kier molecular flexibility index (Phi) is 3.40. The lowest BCUT2D eigenvalue weighted by atomic mass is 10.0. The van der Waals surface area contributed by atoms with Crippen molar-refractivity contribution >= 4 is 16.5 Å². The number of benzene rings is 2. The number of fused-ring (bicyclic) bond motifs is 1. The summed E-state index contributed by atoms with van der Waals surface area (Å²) in [5.41, 5.74) is 2.62. The number of nitrogens with zero attached hydrogens (tertiary/aromatic N) is 1. The van der Waals surface area contributed by atoms with Crippen LogP contribution < -0.4 is 15.5 Å². The van der Waals surface area contributed by atoms with Gasteiger partial charge in [0, 0.05) is 45.5 Å². The highest BCUT2D eigenvalue weighted by Crippen LogP contribution is 2.24. The van der Waals surface area contributed by atoms with E-state index in [0.717, 1.165) is 19.6 Å². The molecule has 1 heterocycles. The molecule has 0 spiro atoms. The summed E-state index contributed by atoms with van der Waals surface area (Å²) in [5, 5.41) is 9.61. The third-order valence-electron chi connectivity index (χ3n) is 3.81. The van der Waals surface area contributed by atoms with Gasteiger partial charge < -0.3 is 15.5 Å². The van der Waals surface area contributed by atoms with Crippen LogP contribution in [-0.4, -0.2) is 33.7 Å². The van der Waals surface area contributed by atoms with E-state index in [-0.39, 0.29) is 0 Å². The van der Waals surface area contributed by atoms with Crippen LogP contribution >= 0.6 is 0 Å². The van der Waals surface area contributed by atoms with Crippen LogP contribution in [0.1, 0.15) is 11.6 Å². The van der Waals surface area contributed by atoms with Crippen LogP contribution in [0.25, 0.3) is 10.8 Å². The summed E-state index contributed by atoms with van der Waals surface area (Å²) in [6, 6.07) is 13.8. The topological polar surface area (TPSA) is 27.3 Å². The van der Waals surface area contributed by atoms with E-state index in [1.807, 2.05) is 0 Å². The predicted octanol–water partition coefficient (Wildman–Crippen LogP) is 2.14. The normalized spacial score (nSPS) is 19.6. The highest BCUT2D eigenvalue weighted by atomic mass is 15.1. The Hall–Kier alpha value is -1.58. The third kappa shape index (κ3) is 2.57. The second-order valence-electron chi connectivity index (χ2n) is 5.40. The lowest BCUT2D eigenvalue weighted by Crippen LogP contribution is -2.42. The molecule has 2 aromatic carbocycles. The quantitative estimate of drug-likeness (QED) is 0.861. The molecule has 1 unspecified atom stereocenters. The van der Waals surface area contributed by atoms with Crippen molar-refractivity contribution in [3.05, 3.63) is 42.0 Å². The molecule has 2 aromatic rings. The number of hydrogen-bond donors (Lipinski definition) is 2. The first-order valence-corrected chi connectivity index (χ1v) is 6.89. The Bertz CT molecular complexity index is 571. The van der Waals surface area contributed by atoms with Gasteiger partial charge in [-0.25, -0.2) is 0 Å². The van der Waals surface area contributed by atoms with Crippen LogP contribution in [0.5, 0.6) is 0 Å². The molecule has 3 rings (SSSR count). The molecule has 0 saturated carbocycles. The zero-order chi connectivity index (χ0) is 13.2. The van der Waals surface area contributed by atoms with Gasteiger partial charge in [-0.3, -0.25) is 0 Å². The summed E-state index contributed by atoms with van der Waals surface area (Å²) >= 11 is 0. The SMILES string of the molecule is CN(C)c1ccc2cc(C3CNCCN3)ccc2c1. The van der Waals surface area contributed by atoms with E-state index in [4.69, 9.17) is 0 Å². The van der Waals surface area contributed by atoms with E-state index in [1.54, 1.807) is 0 Å². The second kappa shape index (κ2) is 5.19. The van der Waals surface area contributed by atoms with Gasteiger partial charge in [0.05, 0.1) is 0 Å². The molecular formula is C16H21N3. The van der Waals surface area contributed by atoms with E-state index in [9.17, 15) is 0 Å². The van der Waals surface area contributed by atoms with Crippen LogP contribution in [0.2, 0.25) is 0 Å². The lowest BCUT2D eigenvalue weighted by molar-refractivity contribution is 0.430. The minimum absolute atomic E-state index is 0.437. The first-order chi connectivity index (χ1) is 9.24.